The second-order valence-electron chi connectivity index (χ2n) is 13.6. The zero-order valence-electron chi connectivity index (χ0n) is 26.4. The van der Waals surface area contributed by atoms with Gasteiger partial charge in [-0.2, -0.15) is 5.10 Å². The Morgan fingerprint density at radius 1 is 1.23 bits per heavy atom. The van der Waals surface area contributed by atoms with Crippen molar-refractivity contribution in [1.82, 2.24) is 24.9 Å². The summed E-state index contributed by atoms with van der Waals surface area (Å²) in [6, 6.07) is 3.83. The van der Waals surface area contributed by atoms with E-state index in [1.165, 1.54) is 5.56 Å². The third-order valence-corrected chi connectivity index (χ3v) is 9.17. The van der Waals surface area contributed by atoms with E-state index in [9.17, 15) is 13.6 Å². The zero-order chi connectivity index (χ0) is 31.2. The molecule has 2 saturated heterocycles. The maximum atomic E-state index is 14.0. The molecule has 0 bridgehead atoms. The minimum absolute atomic E-state index is 0.0664. The van der Waals surface area contributed by atoms with Gasteiger partial charge in [-0.05, 0) is 83.1 Å². The lowest BCUT2D eigenvalue weighted by atomic mass is 9.77. The summed E-state index contributed by atoms with van der Waals surface area (Å²) in [6.45, 7) is 9.16. The van der Waals surface area contributed by atoms with E-state index in [2.05, 4.69) is 23.7 Å². The molecule has 11 heteroatoms. The maximum Gasteiger partial charge on any atom is 0.410 e. The predicted molar refractivity (Wildman–Crippen MR) is 163 cm³/mol. The van der Waals surface area contributed by atoms with Gasteiger partial charge in [-0.25, -0.2) is 18.3 Å². The second kappa shape index (κ2) is 12.3. The molecule has 1 aromatic carbocycles. The van der Waals surface area contributed by atoms with Gasteiger partial charge < -0.3 is 24.4 Å². The largest absolute Gasteiger partial charge is 0.501 e. The number of ether oxygens (including phenoxy) is 3. The first-order valence-corrected chi connectivity index (χ1v) is 15.9. The fraction of sp³-hybridized carbons (Fsp3) is 0.636. The van der Waals surface area contributed by atoms with Gasteiger partial charge in [-0.15, -0.1) is 0 Å². The van der Waals surface area contributed by atoms with Gasteiger partial charge in [-0.3, -0.25) is 4.90 Å². The fourth-order valence-corrected chi connectivity index (χ4v) is 7.10. The Morgan fingerprint density at radius 2 is 2.02 bits per heavy atom. The lowest BCUT2D eigenvalue weighted by Crippen LogP contribution is -2.60. The first kappa shape index (κ1) is 30.8. The summed E-state index contributed by atoms with van der Waals surface area (Å²) in [6.07, 6.45) is 7.80. The molecule has 6 rings (SSSR count). The van der Waals surface area contributed by atoms with Crippen molar-refractivity contribution in [3.8, 4) is 0 Å². The molecule has 1 N–H and O–H groups in total. The number of fused-ring (bicyclic) bond motifs is 3. The Balaban J connectivity index is 1.24. The Bertz CT molecular complexity index is 1420. The van der Waals surface area contributed by atoms with Gasteiger partial charge in [0.2, 0.25) is 0 Å². The molecule has 1 amide bonds. The standard InChI is InChI=1S/C33H45F2N5O4/c1-20-14-25-23(11-12-27-26(25)18-40(37-27)30-8-6-7-13-43-30)31(39(20)19-29(34)35)24-10-9-21(15-28(24)42-5)36-22-16-38(17-22)32(41)44-33(2,3)4/h9,11-12,15,18,20,22,24,29-31,36H,6-8,10,13-14,16-17,19H2,1-5H3/t20-,24?,30?,31+/m1/s1. The highest BCUT2D eigenvalue weighted by Gasteiger charge is 2.42. The minimum atomic E-state index is -2.45. The number of nitrogens with one attached hydrogen (secondary N) is 1. The van der Waals surface area contributed by atoms with Crippen LogP contribution in [0.5, 0.6) is 0 Å². The van der Waals surface area contributed by atoms with Gasteiger partial charge in [0.1, 0.15) is 17.6 Å². The van der Waals surface area contributed by atoms with Gasteiger partial charge in [0.05, 0.1) is 25.2 Å². The average molecular weight is 614 g/mol. The molecule has 240 valence electrons. The van der Waals surface area contributed by atoms with Crippen LogP contribution >= 0.6 is 0 Å². The molecule has 0 radical (unpaired) electrons. The Morgan fingerprint density at radius 3 is 2.70 bits per heavy atom. The van der Waals surface area contributed by atoms with E-state index < -0.39 is 12.0 Å². The van der Waals surface area contributed by atoms with E-state index in [0.29, 0.717) is 25.9 Å². The third kappa shape index (κ3) is 6.31. The maximum absolute atomic E-state index is 14.0. The number of methoxy groups -OCH3 is 1. The van der Waals surface area contributed by atoms with Crippen LogP contribution in [-0.2, 0) is 20.6 Å². The van der Waals surface area contributed by atoms with Gasteiger partial charge in [0.25, 0.3) is 6.43 Å². The van der Waals surface area contributed by atoms with Crippen LogP contribution < -0.4 is 5.32 Å². The van der Waals surface area contributed by atoms with Gasteiger partial charge in [0, 0.05) is 55.0 Å². The number of allylic oxidation sites excluding steroid dienone is 2. The summed E-state index contributed by atoms with van der Waals surface area (Å²) < 4.78 is 47.4. The lowest BCUT2D eigenvalue weighted by molar-refractivity contribution is -0.0390. The molecule has 44 heavy (non-hydrogen) atoms. The zero-order valence-corrected chi connectivity index (χ0v) is 26.4. The van der Waals surface area contributed by atoms with E-state index in [0.717, 1.165) is 53.8 Å². The van der Waals surface area contributed by atoms with Crippen molar-refractivity contribution in [2.75, 3.05) is 33.4 Å². The number of carbonyl (C=O) groups excluding carboxylic acids is 1. The van der Waals surface area contributed by atoms with Crippen molar-refractivity contribution >= 4 is 17.0 Å². The Kier molecular flexibility index (Phi) is 8.63. The molecule has 1 aliphatic carbocycles. The number of hydrogen-bond acceptors (Lipinski definition) is 7. The van der Waals surface area contributed by atoms with Crippen molar-refractivity contribution in [3.05, 3.63) is 53.1 Å². The monoisotopic (exact) mass is 613 g/mol. The molecule has 0 saturated carbocycles. The lowest BCUT2D eigenvalue weighted by Gasteiger charge is -2.46. The summed E-state index contributed by atoms with van der Waals surface area (Å²) >= 11 is 0. The quantitative estimate of drug-likeness (QED) is 0.415. The normalized spacial score (nSPS) is 26.6. The van der Waals surface area contributed by atoms with Crippen LogP contribution in [0.4, 0.5) is 13.6 Å². The molecule has 2 fully saturated rings. The highest BCUT2D eigenvalue weighted by molar-refractivity contribution is 5.84. The third-order valence-electron chi connectivity index (χ3n) is 9.17. The van der Waals surface area contributed by atoms with Crippen LogP contribution in [0.3, 0.4) is 0 Å². The number of alkyl halides is 2. The van der Waals surface area contributed by atoms with Crippen molar-refractivity contribution in [2.45, 2.75) is 96.2 Å². The smallest absolute Gasteiger partial charge is 0.410 e. The molecule has 9 nitrogen and oxygen atoms in total. The molecule has 4 aliphatic rings. The number of hydrogen-bond donors (Lipinski definition) is 1. The highest BCUT2D eigenvalue weighted by atomic mass is 19.3. The first-order chi connectivity index (χ1) is 21.0. The number of aromatic nitrogens is 2. The molecular formula is C33H45F2N5O4. The number of halogens is 2. The van der Waals surface area contributed by atoms with Gasteiger partial charge in [-0.1, -0.05) is 12.1 Å². The Hall–Kier alpha value is -3.18. The van der Waals surface area contributed by atoms with E-state index in [1.54, 1.807) is 12.0 Å². The number of rotatable bonds is 7. The van der Waals surface area contributed by atoms with Crippen LogP contribution in [0, 0.1) is 5.92 Å². The number of likely N-dealkylation sites (tertiary alicyclic amines) is 1. The molecule has 2 aromatic rings. The SMILES string of the molecule is COC1=CC(NC2CN(C(=O)OC(C)(C)C)C2)=CCC1[C@@H]1c2ccc3nn(C4CCCCO4)cc3c2C[C@@H](C)N1CC(F)F. The summed E-state index contributed by atoms with van der Waals surface area (Å²) in [7, 11) is 1.65. The van der Waals surface area contributed by atoms with Crippen LogP contribution in [-0.4, -0.2) is 83.1 Å². The molecular weight excluding hydrogens is 568 g/mol. The molecule has 0 spiro atoms. The summed E-state index contributed by atoms with van der Waals surface area (Å²) in [5.74, 6) is 0.619. The minimum Gasteiger partial charge on any atom is -0.501 e. The Labute approximate surface area is 258 Å². The molecule has 4 atom stereocenters. The summed E-state index contributed by atoms with van der Waals surface area (Å²) in [4.78, 5) is 16.0. The molecule has 4 heterocycles. The van der Waals surface area contributed by atoms with Crippen molar-refractivity contribution in [3.63, 3.8) is 0 Å². The average Bonchev–Trinajstić information content (AvgIpc) is 3.40. The first-order valence-electron chi connectivity index (χ1n) is 15.9. The highest BCUT2D eigenvalue weighted by Crippen LogP contribution is 2.46. The van der Waals surface area contributed by atoms with E-state index in [1.807, 2.05) is 49.4 Å². The van der Waals surface area contributed by atoms with Crippen molar-refractivity contribution in [1.29, 1.82) is 0 Å². The molecule has 1 aromatic heterocycles. The number of carbonyl (C=O) groups is 1. The summed E-state index contributed by atoms with van der Waals surface area (Å²) in [5, 5.41) is 9.45. The fourth-order valence-electron chi connectivity index (χ4n) is 7.10. The van der Waals surface area contributed by atoms with Crippen molar-refractivity contribution in [2.24, 2.45) is 5.92 Å². The summed E-state index contributed by atoms with van der Waals surface area (Å²) in [5.41, 5.74) is 3.53. The second-order valence-corrected chi connectivity index (χ2v) is 13.6. The van der Waals surface area contributed by atoms with E-state index >= 15 is 0 Å². The number of amides is 1. The number of nitrogens with zero attached hydrogens (tertiary/aromatic N) is 4. The van der Waals surface area contributed by atoms with Crippen LogP contribution in [0.1, 0.15) is 76.8 Å². The van der Waals surface area contributed by atoms with Crippen LogP contribution in [0.2, 0.25) is 0 Å². The molecule has 2 unspecified atom stereocenters. The molecule has 3 aliphatic heterocycles. The van der Waals surface area contributed by atoms with E-state index in [-0.39, 0.29) is 42.9 Å². The van der Waals surface area contributed by atoms with Crippen LogP contribution in [0.15, 0.2) is 41.9 Å². The predicted octanol–water partition coefficient (Wildman–Crippen LogP) is 5.93. The van der Waals surface area contributed by atoms with Gasteiger partial charge in [0.15, 0.2) is 0 Å². The number of benzene rings is 1. The topological polar surface area (TPSA) is 81.1 Å². The van der Waals surface area contributed by atoms with Crippen LogP contribution in [0.25, 0.3) is 10.9 Å². The van der Waals surface area contributed by atoms with E-state index in [4.69, 9.17) is 19.3 Å². The van der Waals surface area contributed by atoms with Gasteiger partial charge >= 0.3 is 6.09 Å². The van der Waals surface area contributed by atoms with Crippen molar-refractivity contribution < 1.29 is 27.8 Å².